The van der Waals surface area contributed by atoms with Crippen molar-refractivity contribution in [1.82, 2.24) is 5.32 Å². The third-order valence-corrected chi connectivity index (χ3v) is 5.42. The molecule has 0 fully saturated rings. The lowest BCUT2D eigenvalue weighted by Crippen LogP contribution is -2.43. The standard InChI is InChI=1S/C25H40Cl2N2O4/c1-18(2)16-32-22(30)15-25(7,17-28-23(31)33-24(4,5)6)21-14-20(9-8-19(21)3)29(12-10-26)13-11-27/h8-9,14,18H,10-13,15-17H2,1-7H3,(H,28,31). The van der Waals surface area contributed by atoms with Gasteiger partial charge in [-0.3, -0.25) is 4.79 Å². The van der Waals surface area contributed by atoms with Crippen LogP contribution in [0.1, 0.15) is 59.1 Å². The third-order valence-electron chi connectivity index (χ3n) is 5.08. The summed E-state index contributed by atoms with van der Waals surface area (Å²) in [5.74, 6) is 0.878. The van der Waals surface area contributed by atoms with E-state index in [1.165, 1.54) is 0 Å². The molecule has 1 aromatic rings. The highest BCUT2D eigenvalue weighted by Gasteiger charge is 2.34. The van der Waals surface area contributed by atoms with Crippen molar-refractivity contribution in [3.8, 4) is 0 Å². The largest absolute Gasteiger partial charge is 0.465 e. The molecule has 0 saturated heterocycles. The smallest absolute Gasteiger partial charge is 0.407 e. The Morgan fingerprint density at radius 2 is 1.70 bits per heavy atom. The van der Waals surface area contributed by atoms with Crippen LogP contribution in [0.5, 0.6) is 0 Å². The quantitative estimate of drug-likeness (QED) is 0.295. The van der Waals surface area contributed by atoms with Crippen LogP contribution in [-0.4, -0.2) is 55.7 Å². The molecule has 1 unspecified atom stereocenters. The molecule has 1 amide bonds. The highest BCUT2D eigenvalue weighted by Crippen LogP contribution is 2.33. The van der Waals surface area contributed by atoms with E-state index in [2.05, 4.69) is 16.3 Å². The predicted octanol–water partition coefficient (Wildman–Crippen LogP) is 5.65. The number of benzene rings is 1. The summed E-state index contributed by atoms with van der Waals surface area (Å²) in [5.41, 5.74) is 1.61. The van der Waals surface area contributed by atoms with Crippen molar-refractivity contribution in [1.29, 1.82) is 0 Å². The number of carbonyl (C=O) groups is 2. The maximum absolute atomic E-state index is 12.7. The number of esters is 1. The molecular weight excluding hydrogens is 463 g/mol. The average molecular weight is 504 g/mol. The summed E-state index contributed by atoms with van der Waals surface area (Å²) in [5, 5.41) is 2.85. The topological polar surface area (TPSA) is 67.9 Å². The number of halogens is 2. The van der Waals surface area contributed by atoms with Gasteiger partial charge in [0.15, 0.2) is 0 Å². The van der Waals surface area contributed by atoms with E-state index < -0.39 is 17.1 Å². The average Bonchev–Trinajstić information content (AvgIpc) is 2.70. The van der Waals surface area contributed by atoms with Gasteiger partial charge in [-0.2, -0.15) is 0 Å². The van der Waals surface area contributed by atoms with Crippen LogP contribution in [0.25, 0.3) is 0 Å². The minimum atomic E-state index is -0.710. The van der Waals surface area contributed by atoms with Gasteiger partial charge in [0.2, 0.25) is 0 Å². The Labute approximate surface area is 209 Å². The van der Waals surface area contributed by atoms with Gasteiger partial charge in [-0.25, -0.2) is 4.79 Å². The van der Waals surface area contributed by atoms with Gasteiger partial charge >= 0.3 is 12.1 Å². The fourth-order valence-electron chi connectivity index (χ4n) is 3.49. The van der Waals surface area contributed by atoms with Gasteiger partial charge in [-0.15, -0.1) is 23.2 Å². The summed E-state index contributed by atoms with van der Waals surface area (Å²) in [6.07, 6.45) is -0.408. The number of nitrogens with one attached hydrogen (secondary N) is 1. The van der Waals surface area contributed by atoms with Crippen LogP contribution in [0, 0.1) is 12.8 Å². The molecule has 0 bridgehead atoms. The third kappa shape index (κ3) is 10.4. The molecule has 1 atom stereocenters. The van der Waals surface area contributed by atoms with Gasteiger partial charge < -0.3 is 19.7 Å². The summed E-state index contributed by atoms with van der Waals surface area (Å²) in [7, 11) is 0. The van der Waals surface area contributed by atoms with E-state index in [1.54, 1.807) is 0 Å². The van der Waals surface area contributed by atoms with Crippen molar-refractivity contribution in [3.05, 3.63) is 29.3 Å². The van der Waals surface area contributed by atoms with E-state index in [9.17, 15) is 9.59 Å². The lowest BCUT2D eigenvalue weighted by atomic mass is 9.77. The van der Waals surface area contributed by atoms with Gasteiger partial charge in [0.25, 0.3) is 0 Å². The van der Waals surface area contributed by atoms with E-state index >= 15 is 0 Å². The lowest BCUT2D eigenvalue weighted by molar-refractivity contribution is -0.146. The Morgan fingerprint density at radius 3 is 2.21 bits per heavy atom. The molecule has 0 heterocycles. The van der Waals surface area contributed by atoms with Gasteiger partial charge in [-0.05, 0) is 56.9 Å². The minimum Gasteiger partial charge on any atom is -0.465 e. The van der Waals surface area contributed by atoms with Gasteiger partial charge in [-0.1, -0.05) is 26.8 Å². The van der Waals surface area contributed by atoms with Crippen molar-refractivity contribution in [2.24, 2.45) is 5.92 Å². The van der Waals surface area contributed by atoms with E-state index in [0.717, 1.165) is 16.8 Å². The Morgan fingerprint density at radius 1 is 1.09 bits per heavy atom. The summed E-state index contributed by atoms with van der Waals surface area (Å²) in [6, 6.07) is 6.10. The first kappa shape index (κ1) is 29.4. The second kappa shape index (κ2) is 13.3. The number of hydrogen-bond donors (Lipinski definition) is 1. The molecule has 8 heteroatoms. The summed E-state index contributed by atoms with van der Waals surface area (Å²) in [6.45, 7) is 15.2. The number of rotatable bonds is 12. The molecule has 6 nitrogen and oxygen atoms in total. The SMILES string of the molecule is Cc1ccc(N(CCCl)CCCl)cc1C(C)(CNC(=O)OC(C)(C)C)CC(=O)OCC(C)C. The van der Waals surface area contributed by atoms with E-state index in [-0.39, 0.29) is 24.9 Å². The Balaban J connectivity index is 3.29. The van der Waals surface area contributed by atoms with Gasteiger partial charge in [0, 0.05) is 42.5 Å². The predicted molar refractivity (Wildman–Crippen MR) is 137 cm³/mol. The number of ether oxygens (including phenoxy) is 2. The van der Waals surface area contributed by atoms with Crippen LogP contribution in [0.4, 0.5) is 10.5 Å². The second-order valence-electron chi connectivity index (χ2n) is 10.0. The van der Waals surface area contributed by atoms with Crippen LogP contribution < -0.4 is 10.2 Å². The van der Waals surface area contributed by atoms with Gasteiger partial charge in [0.1, 0.15) is 5.60 Å². The molecule has 0 aliphatic rings. The number of anilines is 1. The molecule has 0 spiro atoms. The molecule has 188 valence electrons. The normalized spacial score (nSPS) is 13.4. The fourth-order valence-corrected chi connectivity index (χ4v) is 3.90. The summed E-state index contributed by atoms with van der Waals surface area (Å²) < 4.78 is 10.9. The molecule has 0 aliphatic heterocycles. The number of amides is 1. The fraction of sp³-hybridized carbons (Fsp3) is 0.680. The zero-order chi connectivity index (χ0) is 25.2. The molecule has 1 N–H and O–H groups in total. The first-order chi connectivity index (χ1) is 15.3. The molecule has 1 rings (SSSR count). The van der Waals surface area contributed by atoms with Crippen molar-refractivity contribution in [2.45, 2.75) is 65.9 Å². The van der Waals surface area contributed by atoms with Gasteiger partial charge in [0.05, 0.1) is 13.0 Å². The van der Waals surface area contributed by atoms with Crippen molar-refractivity contribution < 1.29 is 19.1 Å². The maximum atomic E-state index is 12.7. The number of hydrogen-bond acceptors (Lipinski definition) is 5. The molecule has 0 radical (unpaired) electrons. The monoisotopic (exact) mass is 502 g/mol. The van der Waals surface area contributed by atoms with E-state index in [1.807, 2.05) is 60.6 Å². The van der Waals surface area contributed by atoms with Crippen molar-refractivity contribution >= 4 is 41.0 Å². The number of aryl methyl sites for hydroxylation is 1. The number of nitrogens with zero attached hydrogens (tertiary/aromatic N) is 1. The molecule has 1 aromatic carbocycles. The minimum absolute atomic E-state index is 0.116. The second-order valence-corrected chi connectivity index (χ2v) is 10.8. The number of alkyl halides is 2. The van der Waals surface area contributed by atoms with E-state index in [4.69, 9.17) is 32.7 Å². The van der Waals surface area contributed by atoms with E-state index in [0.29, 0.717) is 31.5 Å². The van der Waals surface area contributed by atoms with Crippen LogP contribution in [0.3, 0.4) is 0 Å². The lowest BCUT2D eigenvalue weighted by Gasteiger charge is -2.33. The summed E-state index contributed by atoms with van der Waals surface area (Å²) in [4.78, 5) is 27.2. The zero-order valence-electron chi connectivity index (χ0n) is 21.1. The summed E-state index contributed by atoms with van der Waals surface area (Å²) >= 11 is 12.0. The zero-order valence-corrected chi connectivity index (χ0v) is 22.6. The molecule has 0 saturated carbocycles. The number of carbonyl (C=O) groups excluding carboxylic acids is 2. The molecule has 0 aromatic heterocycles. The first-order valence-electron chi connectivity index (χ1n) is 11.4. The van der Waals surface area contributed by atoms with Crippen molar-refractivity contribution in [2.75, 3.05) is 42.9 Å². The first-order valence-corrected chi connectivity index (χ1v) is 12.5. The van der Waals surface area contributed by atoms with Crippen LogP contribution >= 0.6 is 23.2 Å². The Hall–Kier alpha value is -1.66. The van der Waals surface area contributed by atoms with Crippen LogP contribution in [-0.2, 0) is 19.7 Å². The maximum Gasteiger partial charge on any atom is 0.407 e. The highest BCUT2D eigenvalue weighted by atomic mass is 35.5. The van der Waals surface area contributed by atoms with Crippen LogP contribution in [0.15, 0.2) is 18.2 Å². The molecular formula is C25H40Cl2N2O4. The van der Waals surface area contributed by atoms with Crippen LogP contribution in [0.2, 0.25) is 0 Å². The number of alkyl carbamates (subject to hydrolysis) is 1. The molecule has 33 heavy (non-hydrogen) atoms. The molecule has 0 aliphatic carbocycles. The Bertz CT molecular complexity index is 774. The highest BCUT2D eigenvalue weighted by molar-refractivity contribution is 6.18. The van der Waals surface area contributed by atoms with Crippen molar-refractivity contribution in [3.63, 3.8) is 0 Å². The Kier molecular flexibility index (Phi) is 11.8.